The Kier molecular flexibility index (Phi) is 6.46. The van der Waals surface area contributed by atoms with E-state index in [1.54, 1.807) is 12.3 Å². The number of hydrogen-bond acceptors (Lipinski definition) is 6. The van der Waals surface area contributed by atoms with Gasteiger partial charge in [-0.15, -0.1) is 0 Å². The second kappa shape index (κ2) is 9.01. The minimum atomic E-state index is -0.0350. The number of amides is 1. The fourth-order valence-corrected chi connectivity index (χ4v) is 3.40. The van der Waals surface area contributed by atoms with Gasteiger partial charge in [-0.25, -0.2) is 9.97 Å². The van der Waals surface area contributed by atoms with E-state index in [9.17, 15) is 4.79 Å². The largest absolute Gasteiger partial charge is 0.372 e. The van der Waals surface area contributed by atoms with Gasteiger partial charge in [0.15, 0.2) is 0 Å². The summed E-state index contributed by atoms with van der Waals surface area (Å²) in [6.07, 6.45) is 1.64. The highest BCUT2D eigenvalue weighted by Gasteiger charge is 2.21. The van der Waals surface area contributed by atoms with Crippen molar-refractivity contribution in [1.29, 1.82) is 0 Å². The quantitative estimate of drug-likeness (QED) is 0.829. The van der Waals surface area contributed by atoms with Gasteiger partial charge in [-0.2, -0.15) is 0 Å². The van der Waals surface area contributed by atoms with Crippen LogP contribution < -0.4 is 10.2 Å². The molecule has 0 spiro atoms. The fourth-order valence-electron chi connectivity index (χ4n) is 3.40. The van der Waals surface area contributed by atoms with Crippen LogP contribution in [0.4, 0.5) is 17.3 Å². The smallest absolute Gasteiger partial charge is 0.272 e. The predicted molar refractivity (Wildman–Crippen MR) is 113 cm³/mol. The summed E-state index contributed by atoms with van der Waals surface area (Å²) in [6, 6.07) is 7.99. The minimum absolute atomic E-state index is 0.0350. The van der Waals surface area contributed by atoms with Crippen LogP contribution in [0.1, 0.15) is 29.9 Å². The molecule has 2 aromatic rings. The molecule has 0 aliphatic carbocycles. The SMILES string of the molecule is CCN(CC)c1ccc(Nc2nccc(C(=O)N3CCN(C)CC3)n2)c(C)c1. The van der Waals surface area contributed by atoms with E-state index in [0.29, 0.717) is 11.6 Å². The van der Waals surface area contributed by atoms with Gasteiger partial charge in [-0.3, -0.25) is 4.79 Å². The minimum Gasteiger partial charge on any atom is -0.372 e. The number of carbonyl (C=O) groups is 1. The van der Waals surface area contributed by atoms with Crippen molar-refractivity contribution in [1.82, 2.24) is 19.8 Å². The lowest BCUT2D eigenvalue weighted by molar-refractivity contribution is 0.0658. The van der Waals surface area contributed by atoms with E-state index in [0.717, 1.165) is 50.5 Å². The molecular weight excluding hydrogens is 352 g/mol. The van der Waals surface area contributed by atoms with Gasteiger partial charge in [0.2, 0.25) is 5.95 Å². The molecule has 1 aliphatic rings. The second-order valence-electron chi connectivity index (χ2n) is 7.16. The number of benzene rings is 1. The van der Waals surface area contributed by atoms with Gasteiger partial charge in [0.1, 0.15) is 5.69 Å². The number of carbonyl (C=O) groups excluding carboxylic acids is 1. The zero-order chi connectivity index (χ0) is 20.1. The van der Waals surface area contributed by atoms with Crippen molar-refractivity contribution < 1.29 is 4.79 Å². The number of hydrogen-bond donors (Lipinski definition) is 1. The van der Waals surface area contributed by atoms with Crippen molar-refractivity contribution in [3.63, 3.8) is 0 Å². The second-order valence-corrected chi connectivity index (χ2v) is 7.16. The Bertz CT molecular complexity index is 812. The lowest BCUT2D eigenvalue weighted by Crippen LogP contribution is -2.47. The van der Waals surface area contributed by atoms with E-state index in [4.69, 9.17) is 0 Å². The number of rotatable bonds is 6. The van der Waals surface area contributed by atoms with Crippen molar-refractivity contribution in [2.24, 2.45) is 0 Å². The van der Waals surface area contributed by atoms with Crippen LogP contribution in [0.15, 0.2) is 30.5 Å². The molecule has 0 bridgehead atoms. The summed E-state index contributed by atoms with van der Waals surface area (Å²) in [5.41, 5.74) is 3.69. The molecule has 7 heteroatoms. The van der Waals surface area contributed by atoms with Gasteiger partial charge in [-0.05, 0) is 57.6 Å². The highest BCUT2D eigenvalue weighted by atomic mass is 16.2. The monoisotopic (exact) mass is 382 g/mol. The molecule has 1 amide bonds. The molecule has 1 N–H and O–H groups in total. The average Bonchev–Trinajstić information content (AvgIpc) is 2.71. The first-order chi connectivity index (χ1) is 13.5. The van der Waals surface area contributed by atoms with Gasteiger partial charge >= 0.3 is 0 Å². The summed E-state index contributed by atoms with van der Waals surface area (Å²) in [5, 5.41) is 3.26. The number of aryl methyl sites for hydroxylation is 1. The Morgan fingerprint density at radius 1 is 1.14 bits per heavy atom. The molecule has 1 aromatic carbocycles. The Morgan fingerprint density at radius 3 is 2.50 bits per heavy atom. The van der Waals surface area contributed by atoms with Gasteiger partial charge in [0.05, 0.1) is 0 Å². The molecule has 2 heterocycles. The molecular formula is C21H30N6O. The highest BCUT2D eigenvalue weighted by Crippen LogP contribution is 2.24. The maximum Gasteiger partial charge on any atom is 0.272 e. The van der Waals surface area contributed by atoms with E-state index in [1.807, 2.05) is 11.0 Å². The summed E-state index contributed by atoms with van der Waals surface area (Å²) >= 11 is 0. The van der Waals surface area contributed by atoms with Gasteiger partial charge < -0.3 is 20.0 Å². The average molecular weight is 383 g/mol. The fraction of sp³-hybridized carbons (Fsp3) is 0.476. The molecule has 1 aromatic heterocycles. The maximum atomic E-state index is 12.7. The third kappa shape index (κ3) is 4.59. The zero-order valence-corrected chi connectivity index (χ0v) is 17.3. The lowest BCUT2D eigenvalue weighted by Gasteiger charge is -2.32. The van der Waals surface area contributed by atoms with Crippen LogP contribution >= 0.6 is 0 Å². The lowest BCUT2D eigenvalue weighted by atomic mass is 10.1. The third-order valence-electron chi connectivity index (χ3n) is 5.25. The van der Waals surface area contributed by atoms with E-state index < -0.39 is 0 Å². The van der Waals surface area contributed by atoms with Crippen LogP contribution in [0.3, 0.4) is 0 Å². The molecule has 0 saturated carbocycles. The van der Waals surface area contributed by atoms with Crippen molar-refractivity contribution in [2.45, 2.75) is 20.8 Å². The van der Waals surface area contributed by atoms with Crippen LogP contribution in [-0.4, -0.2) is 72.0 Å². The number of likely N-dealkylation sites (N-methyl/N-ethyl adjacent to an activating group) is 1. The molecule has 3 rings (SSSR count). The summed E-state index contributed by atoms with van der Waals surface area (Å²) in [6.45, 7) is 11.6. The molecule has 1 fully saturated rings. The maximum absolute atomic E-state index is 12.7. The van der Waals surface area contributed by atoms with Gasteiger partial charge in [0.25, 0.3) is 5.91 Å². The van der Waals surface area contributed by atoms with Crippen LogP contribution in [0.5, 0.6) is 0 Å². The molecule has 7 nitrogen and oxygen atoms in total. The number of piperazine rings is 1. The topological polar surface area (TPSA) is 64.6 Å². The van der Waals surface area contributed by atoms with Crippen molar-refractivity contribution in [2.75, 3.05) is 56.5 Å². The number of nitrogens with zero attached hydrogens (tertiary/aromatic N) is 5. The summed E-state index contributed by atoms with van der Waals surface area (Å²) in [4.78, 5) is 27.9. The van der Waals surface area contributed by atoms with Crippen molar-refractivity contribution in [3.8, 4) is 0 Å². The summed E-state index contributed by atoms with van der Waals surface area (Å²) in [5.74, 6) is 0.408. The standard InChI is InChI=1S/C21H30N6O/c1-5-26(6-2)17-7-8-18(16(3)15-17)23-21-22-10-9-19(24-21)20(28)27-13-11-25(4)12-14-27/h7-10,15H,5-6,11-14H2,1-4H3,(H,22,23,24). The van der Waals surface area contributed by atoms with Crippen molar-refractivity contribution in [3.05, 3.63) is 41.7 Å². The Hall–Kier alpha value is -2.67. The van der Waals surface area contributed by atoms with E-state index in [-0.39, 0.29) is 5.91 Å². The van der Waals surface area contributed by atoms with Crippen LogP contribution in [-0.2, 0) is 0 Å². The van der Waals surface area contributed by atoms with Gasteiger partial charge in [0, 0.05) is 56.8 Å². The summed E-state index contributed by atoms with van der Waals surface area (Å²) in [7, 11) is 2.07. The van der Waals surface area contributed by atoms with Crippen LogP contribution in [0.2, 0.25) is 0 Å². The normalized spacial score (nSPS) is 14.8. The number of anilines is 3. The first kappa shape index (κ1) is 20.1. The highest BCUT2D eigenvalue weighted by molar-refractivity contribution is 5.92. The molecule has 1 aliphatic heterocycles. The van der Waals surface area contributed by atoms with E-state index in [2.05, 4.69) is 65.0 Å². The third-order valence-corrected chi connectivity index (χ3v) is 5.25. The number of aromatic nitrogens is 2. The molecule has 150 valence electrons. The Labute approximate surface area is 167 Å². The Balaban J connectivity index is 1.73. The number of nitrogens with one attached hydrogen (secondary N) is 1. The molecule has 0 unspecified atom stereocenters. The van der Waals surface area contributed by atoms with E-state index >= 15 is 0 Å². The molecule has 0 atom stereocenters. The first-order valence-corrected chi connectivity index (χ1v) is 9.95. The van der Waals surface area contributed by atoms with Gasteiger partial charge in [-0.1, -0.05) is 0 Å². The summed E-state index contributed by atoms with van der Waals surface area (Å²) < 4.78 is 0. The molecule has 1 saturated heterocycles. The van der Waals surface area contributed by atoms with Crippen LogP contribution in [0.25, 0.3) is 0 Å². The molecule has 0 radical (unpaired) electrons. The predicted octanol–water partition coefficient (Wildman–Crippen LogP) is 2.76. The van der Waals surface area contributed by atoms with Crippen molar-refractivity contribution >= 4 is 23.2 Å². The van der Waals surface area contributed by atoms with E-state index in [1.165, 1.54) is 5.69 Å². The first-order valence-electron chi connectivity index (χ1n) is 9.95. The molecule has 28 heavy (non-hydrogen) atoms. The zero-order valence-electron chi connectivity index (χ0n) is 17.3. The van der Waals surface area contributed by atoms with Crippen LogP contribution in [0, 0.1) is 6.92 Å². The Morgan fingerprint density at radius 2 is 1.86 bits per heavy atom.